The van der Waals surface area contributed by atoms with Crippen LogP contribution in [-0.2, 0) is 16.1 Å². The third kappa shape index (κ3) is 4.14. The van der Waals surface area contributed by atoms with E-state index >= 15 is 0 Å². The first-order chi connectivity index (χ1) is 11.1. The normalized spacial score (nSPS) is 13.7. The molecule has 0 bridgehead atoms. The van der Waals surface area contributed by atoms with Crippen LogP contribution in [0.25, 0.3) is 0 Å². The lowest BCUT2D eigenvalue weighted by Crippen LogP contribution is -2.11. The highest BCUT2D eigenvalue weighted by Gasteiger charge is 2.16. The number of esters is 1. The van der Waals surface area contributed by atoms with Crippen LogP contribution in [0.15, 0.2) is 51.8 Å². The van der Waals surface area contributed by atoms with Crippen LogP contribution in [0.5, 0.6) is 0 Å². The second kappa shape index (κ2) is 7.19. The smallest absolute Gasteiger partial charge is 0.338 e. The van der Waals surface area contributed by atoms with Crippen LogP contribution in [0.3, 0.4) is 0 Å². The van der Waals surface area contributed by atoms with Crippen molar-refractivity contribution in [2.45, 2.75) is 17.9 Å². The zero-order valence-corrected chi connectivity index (χ0v) is 14.6. The summed E-state index contributed by atoms with van der Waals surface area (Å²) in [5, 5.41) is 2.82. The molecule has 0 saturated heterocycles. The van der Waals surface area contributed by atoms with Gasteiger partial charge in [0.25, 0.3) is 0 Å². The number of carbonyl (C=O) groups excluding carboxylic acids is 2. The van der Waals surface area contributed by atoms with Crippen LogP contribution >= 0.6 is 27.7 Å². The van der Waals surface area contributed by atoms with Crippen molar-refractivity contribution in [3.63, 3.8) is 0 Å². The van der Waals surface area contributed by atoms with Crippen LogP contribution < -0.4 is 5.32 Å². The number of thioether (sulfide) groups is 1. The number of nitrogens with one attached hydrogen (secondary N) is 1. The zero-order valence-electron chi connectivity index (χ0n) is 12.2. The molecular weight excluding hydrogens is 378 g/mol. The van der Waals surface area contributed by atoms with E-state index in [1.807, 2.05) is 30.3 Å². The molecule has 1 N–H and O–H groups in total. The quantitative estimate of drug-likeness (QED) is 0.794. The van der Waals surface area contributed by atoms with E-state index in [0.29, 0.717) is 17.7 Å². The summed E-state index contributed by atoms with van der Waals surface area (Å²) in [4.78, 5) is 24.8. The Balaban J connectivity index is 1.70. The molecule has 0 fully saturated rings. The van der Waals surface area contributed by atoms with Gasteiger partial charge in [-0.2, -0.15) is 0 Å². The first kappa shape index (κ1) is 16.1. The minimum absolute atomic E-state index is 0.0309. The molecule has 6 heteroatoms. The van der Waals surface area contributed by atoms with Crippen molar-refractivity contribution in [1.29, 1.82) is 0 Å². The number of carbonyl (C=O) groups is 2. The molecule has 1 aliphatic heterocycles. The fourth-order valence-electron chi connectivity index (χ4n) is 2.16. The molecule has 23 heavy (non-hydrogen) atoms. The molecule has 0 radical (unpaired) electrons. The van der Waals surface area contributed by atoms with Crippen molar-refractivity contribution in [2.24, 2.45) is 0 Å². The summed E-state index contributed by atoms with van der Waals surface area (Å²) < 4.78 is 6.31. The molecule has 0 saturated carbocycles. The largest absolute Gasteiger partial charge is 0.457 e. The van der Waals surface area contributed by atoms with Gasteiger partial charge < -0.3 is 10.1 Å². The minimum atomic E-state index is -0.404. The summed E-state index contributed by atoms with van der Waals surface area (Å²) in [7, 11) is 0. The van der Waals surface area contributed by atoms with Crippen LogP contribution in [-0.4, -0.2) is 17.6 Å². The van der Waals surface area contributed by atoms with Crippen molar-refractivity contribution in [2.75, 3.05) is 11.1 Å². The van der Waals surface area contributed by atoms with Crippen molar-refractivity contribution in [3.8, 4) is 0 Å². The van der Waals surface area contributed by atoms with Gasteiger partial charge in [0.2, 0.25) is 5.91 Å². The molecular formula is C17H14BrNO3S. The van der Waals surface area contributed by atoms with Crippen molar-refractivity contribution >= 4 is 45.3 Å². The molecule has 3 rings (SSSR count). The molecule has 0 atom stereocenters. The Kier molecular flexibility index (Phi) is 5.03. The van der Waals surface area contributed by atoms with Gasteiger partial charge in [-0.15, -0.1) is 11.8 Å². The third-order valence-electron chi connectivity index (χ3n) is 3.36. The number of benzene rings is 2. The van der Waals surface area contributed by atoms with Crippen LogP contribution in [0.2, 0.25) is 0 Å². The third-order valence-corrected chi connectivity index (χ3v) is 4.96. The number of ether oxygens (including phenoxy) is 1. The number of fused-ring (bicyclic) bond motifs is 1. The monoisotopic (exact) mass is 391 g/mol. The van der Waals surface area contributed by atoms with Crippen molar-refractivity contribution < 1.29 is 14.3 Å². The van der Waals surface area contributed by atoms with Crippen LogP contribution in [0.1, 0.15) is 22.3 Å². The molecule has 0 aromatic heterocycles. The van der Waals surface area contributed by atoms with E-state index in [4.69, 9.17) is 4.74 Å². The van der Waals surface area contributed by atoms with E-state index in [1.54, 1.807) is 23.9 Å². The van der Waals surface area contributed by atoms with E-state index in [1.165, 1.54) is 0 Å². The Bertz CT molecular complexity index is 746. The molecule has 1 amide bonds. The average molecular weight is 392 g/mol. The number of anilines is 1. The second-order valence-electron chi connectivity index (χ2n) is 5.06. The number of halogens is 1. The summed E-state index contributed by atoms with van der Waals surface area (Å²) in [5.41, 5.74) is 2.03. The van der Waals surface area contributed by atoms with Gasteiger partial charge in [0.15, 0.2) is 0 Å². The Hall–Kier alpha value is -1.79. The lowest BCUT2D eigenvalue weighted by atomic mass is 10.2. The summed E-state index contributed by atoms with van der Waals surface area (Å²) in [6, 6.07) is 12.8. The number of rotatable bonds is 3. The van der Waals surface area contributed by atoms with E-state index in [9.17, 15) is 9.59 Å². The van der Waals surface area contributed by atoms with Gasteiger partial charge in [-0.1, -0.05) is 28.1 Å². The van der Waals surface area contributed by atoms with Gasteiger partial charge >= 0.3 is 5.97 Å². The Labute approximate surface area is 146 Å². The number of hydrogen-bond donors (Lipinski definition) is 1. The maximum absolute atomic E-state index is 12.2. The SMILES string of the molecule is O=C1CCSc2ccc(C(=O)OCc3ccc(Br)cc3)cc2N1. The highest BCUT2D eigenvalue weighted by molar-refractivity contribution is 9.10. The van der Waals surface area contributed by atoms with Gasteiger partial charge in [-0.05, 0) is 35.9 Å². The average Bonchev–Trinajstić information content (AvgIpc) is 2.73. The van der Waals surface area contributed by atoms with Crippen LogP contribution in [0.4, 0.5) is 5.69 Å². The van der Waals surface area contributed by atoms with Gasteiger partial charge in [-0.25, -0.2) is 4.79 Å². The summed E-state index contributed by atoms with van der Waals surface area (Å²) in [6.45, 7) is 0.213. The van der Waals surface area contributed by atoms with E-state index in [-0.39, 0.29) is 12.5 Å². The summed E-state index contributed by atoms with van der Waals surface area (Å²) in [6.07, 6.45) is 0.475. The molecule has 0 unspecified atom stereocenters. The summed E-state index contributed by atoms with van der Waals surface area (Å²) in [5.74, 6) is 0.308. The number of hydrogen-bond acceptors (Lipinski definition) is 4. The van der Waals surface area contributed by atoms with Crippen LogP contribution in [0, 0.1) is 0 Å². The van der Waals surface area contributed by atoms with Gasteiger partial charge in [0, 0.05) is 21.5 Å². The lowest BCUT2D eigenvalue weighted by molar-refractivity contribution is -0.115. The highest BCUT2D eigenvalue weighted by Crippen LogP contribution is 2.31. The van der Waals surface area contributed by atoms with E-state index in [0.717, 1.165) is 20.7 Å². The zero-order chi connectivity index (χ0) is 16.2. The molecule has 0 aliphatic carbocycles. The van der Waals surface area contributed by atoms with Crippen molar-refractivity contribution in [1.82, 2.24) is 0 Å². The van der Waals surface area contributed by atoms with Gasteiger partial charge in [-0.3, -0.25) is 4.79 Å². The van der Waals surface area contributed by atoms with E-state index < -0.39 is 5.97 Å². The Morgan fingerprint density at radius 2 is 2.00 bits per heavy atom. The Morgan fingerprint density at radius 1 is 1.22 bits per heavy atom. The molecule has 1 heterocycles. The first-order valence-electron chi connectivity index (χ1n) is 7.10. The summed E-state index contributed by atoms with van der Waals surface area (Å²) >= 11 is 4.97. The van der Waals surface area contributed by atoms with Crippen molar-refractivity contribution in [3.05, 3.63) is 58.1 Å². The molecule has 2 aromatic rings. The Morgan fingerprint density at radius 3 is 2.78 bits per heavy atom. The molecule has 2 aromatic carbocycles. The minimum Gasteiger partial charge on any atom is -0.457 e. The van der Waals surface area contributed by atoms with E-state index in [2.05, 4.69) is 21.2 Å². The fraction of sp³-hybridized carbons (Fsp3) is 0.176. The lowest BCUT2D eigenvalue weighted by Gasteiger charge is -2.09. The highest BCUT2D eigenvalue weighted by atomic mass is 79.9. The van der Waals surface area contributed by atoms with Gasteiger partial charge in [0.1, 0.15) is 6.61 Å². The molecule has 118 valence electrons. The second-order valence-corrected chi connectivity index (χ2v) is 7.11. The fourth-order valence-corrected chi connectivity index (χ4v) is 3.36. The predicted octanol–water partition coefficient (Wildman–Crippen LogP) is 4.24. The maximum Gasteiger partial charge on any atom is 0.338 e. The maximum atomic E-state index is 12.2. The number of amides is 1. The first-order valence-corrected chi connectivity index (χ1v) is 8.88. The molecule has 0 spiro atoms. The topological polar surface area (TPSA) is 55.4 Å². The standard InChI is InChI=1S/C17H14BrNO3S/c18-13-4-1-11(2-5-13)10-22-17(21)12-3-6-15-14(9-12)19-16(20)7-8-23-15/h1-6,9H,7-8,10H2,(H,19,20). The predicted molar refractivity (Wildman–Crippen MR) is 93.7 cm³/mol. The van der Waals surface area contributed by atoms with Gasteiger partial charge in [0.05, 0.1) is 11.3 Å². The molecule has 4 nitrogen and oxygen atoms in total. The molecule has 1 aliphatic rings.